The normalized spacial score (nSPS) is 11.3. The van der Waals surface area contributed by atoms with Crippen LogP contribution in [0.4, 0.5) is 0 Å². The second-order valence-corrected chi connectivity index (χ2v) is 4.72. The van der Waals surface area contributed by atoms with Crippen LogP contribution in [0.25, 0.3) is 22.3 Å². The summed E-state index contributed by atoms with van der Waals surface area (Å²) in [6.07, 6.45) is 2.53. The van der Waals surface area contributed by atoms with Crippen LogP contribution in [0, 0.1) is 6.92 Å². The van der Waals surface area contributed by atoms with Gasteiger partial charge in [0.25, 0.3) is 0 Å². The second kappa shape index (κ2) is 4.21. The molecule has 0 aliphatic carbocycles. The molecule has 0 fully saturated rings. The molecule has 0 spiro atoms. The standard InChI is InChI=1S/C15H13ClO2/c1-3-13-9(2)11-7-10(14-5-4-6-17-14)8-12(16)15(11)18-13/h4-8H,3H2,1-2H3. The van der Waals surface area contributed by atoms with Crippen molar-refractivity contribution in [2.45, 2.75) is 20.3 Å². The highest BCUT2D eigenvalue weighted by molar-refractivity contribution is 6.35. The molecule has 3 aromatic rings. The first-order chi connectivity index (χ1) is 8.70. The maximum absolute atomic E-state index is 6.29. The summed E-state index contributed by atoms with van der Waals surface area (Å²) in [4.78, 5) is 0. The molecule has 0 saturated carbocycles. The fraction of sp³-hybridized carbons (Fsp3) is 0.200. The minimum Gasteiger partial charge on any atom is -0.464 e. The minimum atomic E-state index is 0.627. The van der Waals surface area contributed by atoms with Crippen molar-refractivity contribution in [2.75, 3.05) is 0 Å². The average molecular weight is 261 g/mol. The molecule has 0 amide bonds. The molecule has 2 aromatic heterocycles. The molecule has 2 heterocycles. The second-order valence-electron chi connectivity index (χ2n) is 4.32. The van der Waals surface area contributed by atoms with Gasteiger partial charge in [-0.2, -0.15) is 0 Å². The number of hydrogen-bond acceptors (Lipinski definition) is 2. The summed E-state index contributed by atoms with van der Waals surface area (Å²) in [5.74, 6) is 1.81. The Morgan fingerprint density at radius 2 is 2.11 bits per heavy atom. The van der Waals surface area contributed by atoms with Gasteiger partial charge in [0, 0.05) is 17.4 Å². The first-order valence-corrected chi connectivity index (χ1v) is 6.34. The molecule has 0 bridgehead atoms. The van der Waals surface area contributed by atoms with Gasteiger partial charge in [-0.05, 0) is 36.8 Å². The van der Waals surface area contributed by atoms with Crippen molar-refractivity contribution in [3.8, 4) is 11.3 Å². The van der Waals surface area contributed by atoms with Gasteiger partial charge in [0.15, 0.2) is 5.58 Å². The van der Waals surface area contributed by atoms with Crippen LogP contribution in [0.1, 0.15) is 18.2 Å². The zero-order chi connectivity index (χ0) is 12.7. The van der Waals surface area contributed by atoms with Crippen LogP contribution in [-0.4, -0.2) is 0 Å². The van der Waals surface area contributed by atoms with Crippen LogP contribution in [0.3, 0.4) is 0 Å². The molecule has 3 rings (SSSR count). The third kappa shape index (κ3) is 1.65. The van der Waals surface area contributed by atoms with Crippen molar-refractivity contribution in [3.05, 3.63) is 46.9 Å². The Hall–Kier alpha value is -1.67. The number of fused-ring (bicyclic) bond motifs is 1. The summed E-state index contributed by atoms with van der Waals surface area (Å²) in [6, 6.07) is 7.74. The molecular formula is C15H13ClO2. The number of aryl methyl sites for hydroxylation is 2. The lowest BCUT2D eigenvalue weighted by Crippen LogP contribution is -1.79. The lowest BCUT2D eigenvalue weighted by Gasteiger charge is -1.99. The van der Waals surface area contributed by atoms with E-state index in [-0.39, 0.29) is 0 Å². The molecule has 0 N–H and O–H groups in total. The summed E-state index contributed by atoms with van der Waals surface area (Å²) in [5, 5.41) is 1.69. The summed E-state index contributed by atoms with van der Waals surface area (Å²) in [6.45, 7) is 4.14. The molecule has 3 heteroatoms. The fourth-order valence-electron chi connectivity index (χ4n) is 2.25. The number of halogens is 1. The van der Waals surface area contributed by atoms with Crippen molar-refractivity contribution in [3.63, 3.8) is 0 Å². The van der Waals surface area contributed by atoms with Crippen LogP contribution in [0.2, 0.25) is 5.02 Å². The monoisotopic (exact) mass is 260 g/mol. The number of furan rings is 2. The number of hydrogen-bond donors (Lipinski definition) is 0. The summed E-state index contributed by atoms with van der Waals surface area (Å²) in [5.41, 5.74) is 2.90. The first-order valence-electron chi connectivity index (χ1n) is 5.96. The topological polar surface area (TPSA) is 26.3 Å². The van der Waals surface area contributed by atoms with Gasteiger partial charge in [-0.25, -0.2) is 0 Å². The smallest absolute Gasteiger partial charge is 0.153 e. The molecule has 1 aromatic carbocycles. The van der Waals surface area contributed by atoms with Crippen LogP contribution in [-0.2, 0) is 6.42 Å². The number of rotatable bonds is 2. The highest BCUT2D eigenvalue weighted by Gasteiger charge is 2.14. The van der Waals surface area contributed by atoms with Gasteiger partial charge < -0.3 is 8.83 Å². The molecular weight excluding hydrogens is 248 g/mol. The van der Waals surface area contributed by atoms with E-state index in [0.29, 0.717) is 5.02 Å². The van der Waals surface area contributed by atoms with Crippen molar-refractivity contribution in [1.29, 1.82) is 0 Å². The molecule has 0 atom stereocenters. The van der Waals surface area contributed by atoms with E-state index in [0.717, 1.165) is 40.0 Å². The van der Waals surface area contributed by atoms with Crippen LogP contribution >= 0.6 is 11.6 Å². The Kier molecular flexibility index (Phi) is 2.67. The minimum absolute atomic E-state index is 0.627. The molecule has 18 heavy (non-hydrogen) atoms. The average Bonchev–Trinajstić information content (AvgIpc) is 2.98. The van der Waals surface area contributed by atoms with Gasteiger partial charge in [-0.1, -0.05) is 18.5 Å². The Morgan fingerprint density at radius 3 is 2.78 bits per heavy atom. The van der Waals surface area contributed by atoms with Crippen LogP contribution < -0.4 is 0 Å². The maximum Gasteiger partial charge on any atom is 0.153 e. The Bertz CT molecular complexity index is 693. The molecule has 2 nitrogen and oxygen atoms in total. The lowest BCUT2D eigenvalue weighted by atomic mass is 10.1. The maximum atomic E-state index is 6.29. The van der Waals surface area contributed by atoms with E-state index < -0.39 is 0 Å². The molecule has 92 valence electrons. The van der Waals surface area contributed by atoms with E-state index in [1.54, 1.807) is 6.26 Å². The highest BCUT2D eigenvalue weighted by atomic mass is 35.5. The van der Waals surface area contributed by atoms with E-state index >= 15 is 0 Å². The lowest BCUT2D eigenvalue weighted by molar-refractivity contribution is 0.553. The Labute approximate surface area is 110 Å². The largest absolute Gasteiger partial charge is 0.464 e. The van der Waals surface area contributed by atoms with Crippen LogP contribution in [0.5, 0.6) is 0 Å². The molecule has 0 aliphatic rings. The van der Waals surface area contributed by atoms with Crippen molar-refractivity contribution in [2.24, 2.45) is 0 Å². The molecule has 0 saturated heterocycles. The summed E-state index contributed by atoms with van der Waals surface area (Å²) >= 11 is 6.29. The van der Waals surface area contributed by atoms with Gasteiger partial charge >= 0.3 is 0 Å². The van der Waals surface area contributed by atoms with Gasteiger partial charge in [-0.15, -0.1) is 0 Å². The van der Waals surface area contributed by atoms with E-state index in [1.807, 2.05) is 18.2 Å². The zero-order valence-corrected chi connectivity index (χ0v) is 11.0. The summed E-state index contributed by atoms with van der Waals surface area (Å²) in [7, 11) is 0. The van der Waals surface area contributed by atoms with E-state index in [9.17, 15) is 0 Å². The Balaban J connectivity index is 2.29. The summed E-state index contributed by atoms with van der Waals surface area (Å²) < 4.78 is 11.2. The predicted molar refractivity (Wildman–Crippen MR) is 73.0 cm³/mol. The van der Waals surface area contributed by atoms with Gasteiger partial charge in [-0.3, -0.25) is 0 Å². The third-order valence-electron chi connectivity index (χ3n) is 3.22. The van der Waals surface area contributed by atoms with Gasteiger partial charge in [0.2, 0.25) is 0 Å². The van der Waals surface area contributed by atoms with E-state index in [2.05, 4.69) is 19.9 Å². The predicted octanol–water partition coefficient (Wildman–Crippen LogP) is 5.22. The number of benzene rings is 1. The molecule has 0 radical (unpaired) electrons. The zero-order valence-electron chi connectivity index (χ0n) is 10.3. The van der Waals surface area contributed by atoms with Crippen molar-refractivity contribution >= 4 is 22.6 Å². The Morgan fingerprint density at radius 1 is 1.28 bits per heavy atom. The van der Waals surface area contributed by atoms with E-state index in [4.69, 9.17) is 20.4 Å². The molecule has 0 aliphatic heterocycles. The first kappa shape index (κ1) is 11.4. The van der Waals surface area contributed by atoms with Gasteiger partial charge in [0.1, 0.15) is 11.5 Å². The van der Waals surface area contributed by atoms with Crippen molar-refractivity contribution in [1.82, 2.24) is 0 Å². The van der Waals surface area contributed by atoms with Crippen molar-refractivity contribution < 1.29 is 8.83 Å². The highest BCUT2D eigenvalue weighted by Crippen LogP contribution is 2.35. The SMILES string of the molecule is CCc1oc2c(Cl)cc(-c3ccco3)cc2c1C. The molecule has 0 unspecified atom stereocenters. The van der Waals surface area contributed by atoms with Crippen LogP contribution in [0.15, 0.2) is 39.4 Å². The third-order valence-corrected chi connectivity index (χ3v) is 3.50. The fourth-order valence-corrected chi connectivity index (χ4v) is 2.51. The van der Waals surface area contributed by atoms with E-state index in [1.165, 1.54) is 0 Å². The van der Waals surface area contributed by atoms with Gasteiger partial charge in [0.05, 0.1) is 11.3 Å². The quantitative estimate of drug-likeness (QED) is 0.632.